The highest BCUT2D eigenvalue weighted by molar-refractivity contribution is 6.01. The largest absolute Gasteiger partial charge is 0.365 e. The molecule has 0 aliphatic carbocycles. The van der Waals surface area contributed by atoms with Gasteiger partial charge in [0.2, 0.25) is 0 Å². The quantitative estimate of drug-likeness (QED) is 0.507. The average Bonchev–Trinajstić information content (AvgIpc) is 3.39. The molecule has 1 unspecified atom stereocenters. The Morgan fingerprint density at radius 2 is 1.85 bits per heavy atom. The standard InChI is InChI=1S/C24H21N7O2/c1-29-9-8-16-12-17(6-7-18(16)29)20-19(23(26)32)22-21(15-4-2-14(13-25)3-5-15)30(24(27)33)10-11-31(22)28-20/h2-9,12,21H,10-11H2,1H3,(H2,26,32)(H2,27,33). The second-order valence-electron chi connectivity index (χ2n) is 8.06. The molecule has 9 nitrogen and oxygen atoms in total. The Kier molecular flexibility index (Phi) is 4.64. The summed E-state index contributed by atoms with van der Waals surface area (Å²) in [6, 6.07) is 15.5. The third-order valence-corrected chi connectivity index (χ3v) is 6.16. The molecule has 0 fully saturated rings. The number of fused-ring (bicyclic) bond motifs is 2. The summed E-state index contributed by atoms with van der Waals surface area (Å²) in [6.07, 6.45) is 1.97. The van der Waals surface area contributed by atoms with Crippen LogP contribution in [0.3, 0.4) is 0 Å². The van der Waals surface area contributed by atoms with Crippen LogP contribution in [0.1, 0.15) is 33.2 Å². The van der Waals surface area contributed by atoms with Gasteiger partial charge in [0.1, 0.15) is 11.7 Å². The number of aromatic nitrogens is 3. The van der Waals surface area contributed by atoms with Crippen molar-refractivity contribution in [3.05, 3.63) is 77.1 Å². The van der Waals surface area contributed by atoms with E-state index in [-0.39, 0.29) is 5.56 Å². The molecule has 9 heteroatoms. The van der Waals surface area contributed by atoms with Gasteiger partial charge in [-0.15, -0.1) is 0 Å². The van der Waals surface area contributed by atoms with Gasteiger partial charge in [-0.1, -0.05) is 18.2 Å². The van der Waals surface area contributed by atoms with Crippen LogP contribution in [0.25, 0.3) is 22.2 Å². The molecular weight excluding hydrogens is 418 g/mol. The molecular formula is C24H21N7O2. The van der Waals surface area contributed by atoms with E-state index in [2.05, 4.69) is 6.07 Å². The average molecular weight is 439 g/mol. The number of benzene rings is 2. The highest BCUT2D eigenvalue weighted by Gasteiger charge is 2.37. The number of carbonyl (C=O) groups excluding carboxylic acids is 2. The Balaban J connectivity index is 1.73. The van der Waals surface area contributed by atoms with Crippen molar-refractivity contribution in [3.63, 3.8) is 0 Å². The Morgan fingerprint density at radius 3 is 2.52 bits per heavy atom. The van der Waals surface area contributed by atoms with Crippen LogP contribution in [0.5, 0.6) is 0 Å². The van der Waals surface area contributed by atoms with Gasteiger partial charge in [-0.25, -0.2) is 4.79 Å². The Bertz CT molecular complexity index is 1460. The van der Waals surface area contributed by atoms with Crippen LogP contribution in [-0.2, 0) is 13.6 Å². The zero-order chi connectivity index (χ0) is 23.3. The molecule has 33 heavy (non-hydrogen) atoms. The fourth-order valence-corrected chi connectivity index (χ4v) is 4.59. The second kappa shape index (κ2) is 7.53. The Hall–Kier alpha value is -4.58. The fraction of sp³-hybridized carbons (Fsp3) is 0.167. The van der Waals surface area contributed by atoms with Crippen molar-refractivity contribution in [1.82, 2.24) is 19.2 Å². The predicted octanol–water partition coefficient (Wildman–Crippen LogP) is 2.50. The van der Waals surface area contributed by atoms with E-state index in [1.165, 1.54) is 4.90 Å². The fourth-order valence-electron chi connectivity index (χ4n) is 4.59. The van der Waals surface area contributed by atoms with Gasteiger partial charge in [-0.2, -0.15) is 10.4 Å². The van der Waals surface area contributed by atoms with E-state index in [4.69, 9.17) is 21.8 Å². The smallest absolute Gasteiger partial charge is 0.315 e. The van der Waals surface area contributed by atoms with Crippen molar-refractivity contribution in [2.24, 2.45) is 18.5 Å². The number of hydrogen-bond donors (Lipinski definition) is 2. The van der Waals surface area contributed by atoms with Gasteiger partial charge in [-0.3, -0.25) is 9.48 Å². The monoisotopic (exact) mass is 439 g/mol. The third-order valence-electron chi connectivity index (χ3n) is 6.16. The molecule has 3 amide bonds. The summed E-state index contributed by atoms with van der Waals surface area (Å²) in [5.74, 6) is -0.635. The molecule has 3 heterocycles. The molecule has 1 aliphatic heterocycles. The van der Waals surface area contributed by atoms with E-state index < -0.39 is 18.0 Å². The van der Waals surface area contributed by atoms with E-state index in [0.29, 0.717) is 35.6 Å². The summed E-state index contributed by atoms with van der Waals surface area (Å²) in [4.78, 5) is 26.6. The van der Waals surface area contributed by atoms with Crippen LogP contribution in [0.4, 0.5) is 4.79 Å². The number of nitriles is 1. The van der Waals surface area contributed by atoms with Gasteiger partial charge in [0.15, 0.2) is 0 Å². The van der Waals surface area contributed by atoms with Crippen molar-refractivity contribution in [3.8, 4) is 17.3 Å². The van der Waals surface area contributed by atoms with Gasteiger partial charge in [-0.05, 0) is 35.9 Å². The highest BCUT2D eigenvalue weighted by atomic mass is 16.2. The number of nitrogens with zero attached hydrogens (tertiary/aromatic N) is 5. The first-order chi connectivity index (χ1) is 15.9. The normalized spacial score (nSPS) is 15.3. The molecule has 164 valence electrons. The maximum Gasteiger partial charge on any atom is 0.315 e. The minimum Gasteiger partial charge on any atom is -0.365 e. The molecule has 0 radical (unpaired) electrons. The lowest BCUT2D eigenvalue weighted by Crippen LogP contribution is -2.46. The van der Waals surface area contributed by atoms with Crippen LogP contribution < -0.4 is 11.5 Å². The first-order valence-electron chi connectivity index (χ1n) is 10.4. The van der Waals surface area contributed by atoms with Gasteiger partial charge in [0, 0.05) is 36.3 Å². The predicted molar refractivity (Wildman–Crippen MR) is 122 cm³/mol. The lowest BCUT2D eigenvalue weighted by atomic mass is 9.94. The summed E-state index contributed by atoms with van der Waals surface area (Å²) in [6.45, 7) is 0.697. The zero-order valence-corrected chi connectivity index (χ0v) is 17.9. The number of carbonyl (C=O) groups is 2. The van der Waals surface area contributed by atoms with Gasteiger partial charge >= 0.3 is 6.03 Å². The summed E-state index contributed by atoms with van der Waals surface area (Å²) in [7, 11) is 1.97. The molecule has 2 aromatic heterocycles. The molecule has 0 saturated heterocycles. The van der Waals surface area contributed by atoms with Crippen LogP contribution >= 0.6 is 0 Å². The number of aryl methyl sites for hydroxylation is 1. The maximum absolute atomic E-state index is 12.7. The number of rotatable bonds is 3. The van der Waals surface area contributed by atoms with Crippen LogP contribution in [0.2, 0.25) is 0 Å². The highest BCUT2D eigenvalue weighted by Crippen LogP contribution is 2.38. The Morgan fingerprint density at radius 1 is 1.09 bits per heavy atom. The van der Waals surface area contributed by atoms with Gasteiger partial charge < -0.3 is 20.9 Å². The summed E-state index contributed by atoms with van der Waals surface area (Å²) in [5, 5.41) is 14.9. The molecule has 1 atom stereocenters. The molecule has 0 saturated carbocycles. The number of amides is 3. The third kappa shape index (κ3) is 3.20. The topological polar surface area (TPSA) is 136 Å². The number of nitrogens with two attached hydrogens (primary N) is 2. The molecule has 2 aromatic carbocycles. The lowest BCUT2D eigenvalue weighted by molar-refractivity contribution is 0.0995. The lowest BCUT2D eigenvalue weighted by Gasteiger charge is -2.35. The minimum atomic E-state index is -0.659. The number of primary amides is 2. The molecule has 4 N–H and O–H groups in total. The van der Waals surface area contributed by atoms with E-state index in [9.17, 15) is 9.59 Å². The SMILES string of the molecule is Cn1ccc2cc(-c3nn4c(c3C(N)=O)C(c3ccc(C#N)cc3)N(C(N)=O)CC4)ccc21. The summed E-state index contributed by atoms with van der Waals surface area (Å²) < 4.78 is 3.74. The first kappa shape index (κ1) is 20.3. The first-order valence-corrected chi connectivity index (χ1v) is 10.4. The molecule has 4 aromatic rings. The summed E-state index contributed by atoms with van der Waals surface area (Å²) in [5.41, 5.74) is 15.8. The number of hydrogen-bond acceptors (Lipinski definition) is 4. The molecule has 0 bridgehead atoms. The molecule has 1 aliphatic rings. The van der Waals surface area contributed by atoms with Crippen molar-refractivity contribution in [1.29, 1.82) is 5.26 Å². The number of urea groups is 1. The minimum absolute atomic E-state index is 0.255. The maximum atomic E-state index is 12.7. The van der Waals surface area contributed by atoms with Crippen LogP contribution in [-0.4, -0.2) is 37.7 Å². The van der Waals surface area contributed by atoms with E-state index in [0.717, 1.165) is 16.5 Å². The zero-order valence-electron chi connectivity index (χ0n) is 17.9. The van der Waals surface area contributed by atoms with Crippen molar-refractivity contribution in [2.75, 3.05) is 6.54 Å². The van der Waals surface area contributed by atoms with Crippen molar-refractivity contribution >= 4 is 22.8 Å². The Labute approximate surface area is 189 Å². The van der Waals surface area contributed by atoms with Gasteiger partial charge in [0.25, 0.3) is 5.91 Å². The molecule has 0 spiro atoms. The summed E-state index contributed by atoms with van der Waals surface area (Å²) >= 11 is 0. The van der Waals surface area contributed by atoms with Gasteiger partial charge in [0.05, 0.1) is 29.4 Å². The van der Waals surface area contributed by atoms with E-state index in [1.807, 2.05) is 42.1 Å². The molecule has 5 rings (SSSR count). The van der Waals surface area contributed by atoms with Crippen LogP contribution in [0, 0.1) is 11.3 Å². The second-order valence-corrected chi connectivity index (χ2v) is 8.06. The van der Waals surface area contributed by atoms with Crippen molar-refractivity contribution < 1.29 is 9.59 Å². The van der Waals surface area contributed by atoms with Crippen LogP contribution in [0.15, 0.2) is 54.7 Å². The van der Waals surface area contributed by atoms with E-state index >= 15 is 0 Å². The van der Waals surface area contributed by atoms with Crippen molar-refractivity contribution in [2.45, 2.75) is 12.6 Å². The van der Waals surface area contributed by atoms with E-state index in [1.54, 1.807) is 28.9 Å².